The molecule has 0 bridgehead atoms. The van der Waals surface area contributed by atoms with Crippen molar-refractivity contribution in [2.24, 2.45) is 0 Å². The molecule has 2 aromatic carbocycles. The molecule has 144 valence electrons. The molecule has 1 saturated heterocycles. The lowest BCUT2D eigenvalue weighted by atomic mass is 10.1. The van der Waals surface area contributed by atoms with E-state index in [-0.39, 0.29) is 5.91 Å². The smallest absolute Gasteiger partial charge is 0.253 e. The molecule has 3 aromatic rings. The molecule has 1 aliphatic heterocycles. The van der Waals surface area contributed by atoms with Crippen LogP contribution in [0.15, 0.2) is 59.5 Å². The summed E-state index contributed by atoms with van der Waals surface area (Å²) in [6.07, 6.45) is 2.05. The van der Waals surface area contributed by atoms with Crippen LogP contribution in [0.3, 0.4) is 0 Å². The van der Waals surface area contributed by atoms with Gasteiger partial charge in [-0.1, -0.05) is 35.9 Å². The fourth-order valence-electron chi connectivity index (χ4n) is 3.52. The van der Waals surface area contributed by atoms with Gasteiger partial charge in [-0.05, 0) is 36.6 Å². The summed E-state index contributed by atoms with van der Waals surface area (Å²) in [6.45, 7) is 3.86. The van der Waals surface area contributed by atoms with E-state index in [9.17, 15) is 4.79 Å². The van der Waals surface area contributed by atoms with Gasteiger partial charge in [0.05, 0.1) is 5.52 Å². The Morgan fingerprint density at radius 3 is 2.54 bits per heavy atom. The fraction of sp³-hybridized carbons (Fsp3) is 0.273. The molecule has 4 nitrogen and oxygen atoms in total. The molecule has 28 heavy (non-hydrogen) atoms. The number of amides is 1. The van der Waals surface area contributed by atoms with Gasteiger partial charge in [0, 0.05) is 54.1 Å². The third kappa shape index (κ3) is 4.17. The summed E-state index contributed by atoms with van der Waals surface area (Å²) in [5.41, 5.74) is 2.72. The molecule has 4 rings (SSSR count). The third-order valence-corrected chi connectivity index (χ3v) is 6.18. The molecule has 1 fully saturated rings. The lowest BCUT2D eigenvalue weighted by molar-refractivity contribution is 0.0628. The number of carbonyl (C=O) groups excluding carboxylic acids is 1. The third-order valence-electron chi connectivity index (χ3n) is 5.13. The van der Waals surface area contributed by atoms with Gasteiger partial charge in [-0.3, -0.25) is 9.69 Å². The minimum absolute atomic E-state index is 0.107. The number of piperazine rings is 1. The number of fused-ring (bicyclic) bond motifs is 1. The fourth-order valence-corrected chi connectivity index (χ4v) is 4.16. The van der Waals surface area contributed by atoms with Crippen LogP contribution in [0.5, 0.6) is 0 Å². The van der Waals surface area contributed by atoms with Crippen molar-refractivity contribution in [2.75, 3.05) is 32.4 Å². The second-order valence-corrected chi connectivity index (χ2v) is 8.17. The molecule has 0 N–H and O–H groups in total. The number of aromatic nitrogens is 1. The molecule has 0 unspecified atom stereocenters. The van der Waals surface area contributed by atoms with Crippen molar-refractivity contribution in [3.05, 3.63) is 70.9 Å². The summed E-state index contributed by atoms with van der Waals surface area (Å²) < 4.78 is 0. The predicted molar refractivity (Wildman–Crippen MR) is 116 cm³/mol. The Kier molecular flexibility index (Phi) is 5.85. The van der Waals surface area contributed by atoms with E-state index in [1.807, 2.05) is 35.2 Å². The van der Waals surface area contributed by atoms with E-state index >= 15 is 0 Å². The highest BCUT2D eigenvalue weighted by Gasteiger charge is 2.22. The van der Waals surface area contributed by atoms with Crippen molar-refractivity contribution in [3.63, 3.8) is 0 Å². The average Bonchev–Trinajstić information content (AvgIpc) is 2.74. The van der Waals surface area contributed by atoms with Gasteiger partial charge < -0.3 is 4.90 Å². The molecule has 0 aliphatic carbocycles. The maximum Gasteiger partial charge on any atom is 0.253 e. The van der Waals surface area contributed by atoms with E-state index in [4.69, 9.17) is 11.6 Å². The number of hydrogen-bond acceptors (Lipinski definition) is 4. The first kappa shape index (κ1) is 19.2. The number of benzene rings is 2. The van der Waals surface area contributed by atoms with Crippen LogP contribution in [0.1, 0.15) is 15.9 Å². The Bertz CT molecular complexity index is 988. The lowest BCUT2D eigenvalue weighted by Crippen LogP contribution is -2.48. The first-order chi connectivity index (χ1) is 13.6. The van der Waals surface area contributed by atoms with Gasteiger partial charge >= 0.3 is 0 Å². The number of rotatable bonds is 4. The summed E-state index contributed by atoms with van der Waals surface area (Å²) >= 11 is 8.17. The van der Waals surface area contributed by atoms with E-state index in [1.54, 1.807) is 11.8 Å². The summed E-state index contributed by atoms with van der Waals surface area (Å²) in [7, 11) is 0. The first-order valence-electron chi connectivity index (χ1n) is 9.34. The van der Waals surface area contributed by atoms with Gasteiger partial charge in [0.25, 0.3) is 5.91 Å². The molecule has 0 spiro atoms. The summed E-state index contributed by atoms with van der Waals surface area (Å²) in [4.78, 5) is 22.6. The maximum atomic E-state index is 12.6. The SMILES string of the molecule is CSc1ccc2cc(CN3CCN(C(=O)c4ccccc4)CC3)c(Cl)nc2c1. The van der Waals surface area contributed by atoms with Gasteiger partial charge in [0.15, 0.2) is 0 Å². The Hall–Kier alpha value is -2.08. The van der Waals surface area contributed by atoms with E-state index in [1.165, 1.54) is 4.90 Å². The molecule has 0 saturated carbocycles. The zero-order valence-corrected chi connectivity index (χ0v) is 17.3. The minimum Gasteiger partial charge on any atom is -0.336 e. The van der Waals surface area contributed by atoms with Crippen molar-refractivity contribution in [1.29, 1.82) is 0 Å². The van der Waals surface area contributed by atoms with Crippen LogP contribution in [-0.4, -0.2) is 53.1 Å². The van der Waals surface area contributed by atoms with Crippen LogP contribution in [-0.2, 0) is 6.54 Å². The Morgan fingerprint density at radius 1 is 1.07 bits per heavy atom. The number of carbonyl (C=O) groups is 1. The van der Waals surface area contributed by atoms with E-state index in [2.05, 4.69) is 40.4 Å². The highest BCUT2D eigenvalue weighted by molar-refractivity contribution is 7.98. The van der Waals surface area contributed by atoms with E-state index in [0.717, 1.165) is 54.8 Å². The van der Waals surface area contributed by atoms with Gasteiger partial charge in [0.1, 0.15) is 5.15 Å². The summed E-state index contributed by atoms with van der Waals surface area (Å²) in [5.74, 6) is 0.107. The number of nitrogens with zero attached hydrogens (tertiary/aromatic N) is 3. The van der Waals surface area contributed by atoms with Gasteiger partial charge in [-0.25, -0.2) is 4.98 Å². The number of thioether (sulfide) groups is 1. The Balaban J connectivity index is 1.42. The molecule has 0 radical (unpaired) electrons. The second-order valence-electron chi connectivity index (χ2n) is 6.93. The Labute approximate surface area is 174 Å². The molecule has 1 amide bonds. The Morgan fingerprint density at radius 2 is 1.82 bits per heavy atom. The number of pyridine rings is 1. The summed E-state index contributed by atoms with van der Waals surface area (Å²) in [5, 5.41) is 1.67. The molecule has 2 heterocycles. The molecular weight excluding hydrogens is 390 g/mol. The van der Waals surface area contributed by atoms with Crippen LogP contribution in [0.4, 0.5) is 0 Å². The highest BCUT2D eigenvalue weighted by atomic mass is 35.5. The van der Waals surface area contributed by atoms with Crippen molar-refractivity contribution in [3.8, 4) is 0 Å². The number of hydrogen-bond donors (Lipinski definition) is 0. The van der Waals surface area contributed by atoms with Crippen molar-refractivity contribution < 1.29 is 4.79 Å². The first-order valence-corrected chi connectivity index (χ1v) is 10.9. The van der Waals surface area contributed by atoms with Crippen LogP contribution in [0, 0.1) is 0 Å². The minimum atomic E-state index is 0.107. The van der Waals surface area contributed by atoms with Gasteiger partial charge in [-0.15, -0.1) is 11.8 Å². The molecule has 6 heteroatoms. The van der Waals surface area contributed by atoms with Crippen LogP contribution >= 0.6 is 23.4 Å². The average molecular weight is 412 g/mol. The van der Waals surface area contributed by atoms with Gasteiger partial charge in [-0.2, -0.15) is 0 Å². The normalized spacial score (nSPS) is 15.1. The van der Waals surface area contributed by atoms with Crippen LogP contribution in [0.2, 0.25) is 5.15 Å². The monoisotopic (exact) mass is 411 g/mol. The highest BCUT2D eigenvalue weighted by Crippen LogP contribution is 2.26. The van der Waals surface area contributed by atoms with Crippen molar-refractivity contribution >= 4 is 40.2 Å². The van der Waals surface area contributed by atoms with E-state index in [0.29, 0.717) is 5.15 Å². The zero-order chi connectivity index (χ0) is 19.5. The maximum absolute atomic E-state index is 12.6. The van der Waals surface area contributed by atoms with Crippen LogP contribution in [0.25, 0.3) is 10.9 Å². The topological polar surface area (TPSA) is 36.4 Å². The van der Waals surface area contributed by atoms with Crippen molar-refractivity contribution in [2.45, 2.75) is 11.4 Å². The van der Waals surface area contributed by atoms with E-state index < -0.39 is 0 Å². The van der Waals surface area contributed by atoms with Crippen molar-refractivity contribution in [1.82, 2.24) is 14.8 Å². The number of halogens is 1. The largest absolute Gasteiger partial charge is 0.336 e. The van der Waals surface area contributed by atoms with Gasteiger partial charge in [0.2, 0.25) is 0 Å². The second kappa shape index (κ2) is 8.52. The van der Waals surface area contributed by atoms with Crippen LogP contribution < -0.4 is 0 Å². The molecule has 1 aliphatic rings. The summed E-state index contributed by atoms with van der Waals surface area (Å²) in [6, 6.07) is 17.9. The lowest BCUT2D eigenvalue weighted by Gasteiger charge is -2.35. The quantitative estimate of drug-likeness (QED) is 0.465. The molecular formula is C22H22ClN3OS. The standard InChI is InChI=1S/C22H22ClN3OS/c1-28-19-8-7-17-13-18(21(23)24-20(17)14-19)15-25-9-11-26(12-10-25)22(27)16-5-3-2-4-6-16/h2-8,13-14H,9-12,15H2,1H3. The molecule has 0 atom stereocenters. The predicted octanol–water partition coefficient (Wildman–Crippen LogP) is 4.57. The molecule has 1 aromatic heterocycles. The zero-order valence-electron chi connectivity index (χ0n) is 15.8.